The van der Waals surface area contributed by atoms with Gasteiger partial charge in [0.25, 0.3) is 0 Å². The number of nitrogens with one attached hydrogen (secondary N) is 1. The quantitative estimate of drug-likeness (QED) is 0.306. The number of aryl methyl sites for hydroxylation is 2. The molecule has 0 amide bonds. The van der Waals surface area contributed by atoms with Crippen molar-refractivity contribution in [3.05, 3.63) is 64.5 Å². The number of hydrogen-bond acceptors (Lipinski definition) is 4. The standard InChI is InChI=1S/C19H20ClN5O.HI/c1-12-3-8-16(11-13(12)2)23-19(21)22-10-9-17-24-18(25-26-17)14-4-6-15(20)7-5-14;/h3-8,11H,9-10H2,1-2H3,(H3,21,22,23);1H. The third-order valence-electron chi connectivity index (χ3n) is 3.96. The molecule has 0 unspecified atom stereocenters. The number of hydrogen-bond donors (Lipinski definition) is 2. The van der Waals surface area contributed by atoms with E-state index < -0.39 is 0 Å². The Labute approximate surface area is 180 Å². The van der Waals surface area contributed by atoms with Gasteiger partial charge in [-0.05, 0) is 61.4 Å². The van der Waals surface area contributed by atoms with Crippen LogP contribution in [-0.2, 0) is 6.42 Å². The van der Waals surface area contributed by atoms with Crippen molar-refractivity contribution in [1.29, 1.82) is 0 Å². The first kappa shape index (κ1) is 21.2. The molecule has 0 bridgehead atoms. The van der Waals surface area contributed by atoms with Crippen molar-refractivity contribution >= 4 is 47.2 Å². The summed E-state index contributed by atoms with van der Waals surface area (Å²) in [6.45, 7) is 4.58. The summed E-state index contributed by atoms with van der Waals surface area (Å²) in [6, 6.07) is 13.3. The van der Waals surface area contributed by atoms with Crippen molar-refractivity contribution in [3.8, 4) is 11.4 Å². The third kappa shape index (κ3) is 5.93. The van der Waals surface area contributed by atoms with Crippen LogP contribution in [0.4, 0.5) is 5.69 Å². The minimum absolute atomic E-state index is 0. The van der Waals surface area contributed by atoms with Gasteiger partial charge in [0.15, 0.2) is 5.96 Å². The Morgan fingerprint density at radius 2 is 1.89 bits per heavy atom. The summed E-state index contributed by atoms with van der Waals surface area (Å²) in [5, 5.41) is 7.72. The fourth-order valence-corrected chi connectivity index (χ4v) is 2.48. The van der Waals surface area contributed by atoms with Crippen LogP contribution in [-0.4, -0.2) is 22.6 Å². The van der Waals surface area contributed by atoms with E-state index in [0.29, 0.717) is 35.7 Å². The zero-order valence-electron chi connectivity index (χ0n) is 15.1. The maximum atomic E-state index is 5.93. The van der Waals surface area contributed by atoms with E-state index in [9.17, 15) is 0 Å². The number of benzene rings is 2. The predicted octanol–water partition coefficient (Wildman–Crippen LogP) is 4.59. The molecule has 0 fully saturated rings. The van der Waals surface area contributed by atoms with Gasteiger partial charge in [-0.3, -0.25) is 4.99 Å². The Hall–Kier alpha value is -2.13. The fraction of sp³-hybridized carbons (Fsp3) is 0.211. The van der Waals surface area contributed by atoms with E-state index in [-0.39, 0.29) is 24.0 Å². The molecule has 8 heteroatoms. The first-order chi connectivity index (χ1) is 12.5. The van der Waals surface area contributed by atoms with Crippen molar-refractivity contribution in [2.75, 3.05) is 11.9 Å². The molecule has 6 nitrogen and oxygen atoms in total. The van der Waals surface area contributed by atoms with Gasteiger partial charge in [-0.15, -0.1) is 24.0 Å². The lowest BCUT2D eigenvalue weighted by Crippen LogP contribution is -2.23. The SMILES string of the molecule is Cc1ccc(NC(N)=NCCc2nc(-c3ccc(Cl)cc3)no2)cc1C.I. The number of halogens is 2. The number of nitrogens with two attached hydrogens (primary N) is 1. The molecule has 0 aliphatic carbocycles. The first-order valence-electron chi connectivity index (χ1n) is 8.24. The molecule has 0 saturated carbocycles. The molecule has 2 aromatic carbocycles. The van der Waals surface area contributed by atoms with Gasteiger partial charge >= 0.3 is 0 Å². The maximum absolute atomic E-state index is 5.93. The molecule has 0 aliphatic rings. The largest absolute Gasteiger partial charge is 0.370 e. The molecule has 0 saturated heterocycles. The first-order valence-corrected chi connectivity index (χ1v) is 8.62. The van der Waals surface area contributed by atoms with Gasteiger partial charge in [-0.1, -0.05) is 22.8 Å². The van der Waals surface area contributed by atoms with E-state index in [2.05, 4.69) is 34.3 Å². The van der Waals surface area contributed by atoms with Crippen LogP contribution in [0.2, 0.25) is 5.02 Å². The molecule has 27 heavy (non-hydrogen) atoms. The van der Waals surface area contributed by atoms with Crippen molar-refractivity contribution in [1.82, 2.24) is 10.1 Å². The number of aliphatic imine (C=N–C) groups is 1. The second-order valence-electron chi connectivity index (χ2n) is 5.96. The van der Waals surface area contributed by atoms with Crippen molar-refractivity contribution < 1.29 is 4.52 Å². The smallest absolute Gasteiger partial charge is 0.228 e. The molecule has 3 rings (SSSR count). The van der Waals surface area contributed by atoms with Crippen LogP contribution >= 0.6 is 35.6 Å². The lowest BCUT2D eigenvalue weighted by atomic mass is 10.1. The summed E-state index contributed by atoms with van der Waals surface area (Å²) in [5.74, 6) is 1.39. The highest BCUT2D eigenvalue weighted by molar-refractivity contribution is 14.0. The Balaban J connectivity index is 0.00000261. The van der Waals surface area contributed by atoms with E-state index in [0.717, 1.165) is 11.3 Å². The van der Waals surface area contributed by atoms with Crippen LogP contribution in [0.3, 0.4) is 0 Å². The van der Waals surface area contributed by atoms with Gasteiger partial charge in [0.2, 0.25) is 11.7 Å². The number of nitrogens with zero attached hydrogens (tertiary/aromatic N) is 3. The molecule has 0 aliphatic heterocycles. The molecule has 142 valence electrons. The average Bonchev–Trinajstić information content (AvgIpc) is 3.08. The third-order valence-corrected chi connectivity index (χ3v) is 4.21. The van der Waals surface area contributed by atoms with Gasteiger partial charge in [0.05, 0.1) is 6.54 Å². The molecule has 3 aromatic rings. The summed E-state index contributed by atoms with van der Waals surface area (Å²) in [7, 11) is 0. The number of rotatable bonds is 5. The van der Waals surface area contributed by atoms with Crippen LogP contribution in [0, 0.1) is 13.8 Å². The Morgan fingerprint density at radius 3 is 2.59 bits per heavy atom. The summed E-state index contributed by atoms with van der Waals surface area (Å²) >= 11 is 5.88. The predicted molar refractivity (Wildman–Crippen MR) is 120 cm³/mol. The minimum atomic E-state index is 0. The molecule has 0 atom stereocenters. The number of anilines is 1. The normalized spacial score (nSPS) is 11.1. The zero-order chi connectivity index (χ0) is 18.5. The summed E-state index contributed by atoms with van der Waals surface area (Å²) in [5.41, 5.74) is 10.1. The van der Waals surface area contributed by atoms with Crippen LogP contribution < -0.4 is 11.1 Å². The number of aromatic nitrogens is 2. The van der Waals surface area contributed by atoms with E-state index in [1.807, 2.05) is 30.3 Å². The molecule has 1 aromatic heterocycles. The molecule has 0 spiro atoms. The summed E-state index contributed by atoms with van der Waals surface area (Å²) in [4.78, 5) is 8.66. The van der Waals surface area contributed by atoms with E-state index >= 15 is 0 Å². The van der Waals surface area contributed by atoms with E-state index in [1.54, 1.807) is 12.1 Å². The molecular formula is C19H21ClIN5O. The van der Waals surface area contributed by atoms with Crippen molar-refractivity contribution in [2.45, 2.75) is 20.3 Å². The second-order valence-corrected chi connectivity index (χ2v) is 6.40. The second kappa shape index (κ2) is 9.70. The molecular weight excluding hydrogens is 477 g/mol. The van der Waals surface area contributed by atoms with Gasteiger partial charge in [0, 0.05) is 22.7 Å². The zero-order valence-corrected chi connectivity index (χ0v) is 18.2. The average molecular weight is 498 g/mol. The van der Waals surface area contributed by atoms with Gasteiger partial charge in [-0.2, -0.15) is 4.98 Å². The van der Waals surface area contributed by atoms with E-state index in [1.165, 1.54) is 11.1 Å². The van der Waals surface area contributed by atoms with E-state index in [4.69, 9.17) is 21.9 Å². The lowest BCUT2D eigenvalue weighted by molar-refractivity contribution is 0.380. The lowest BCUT2D eigenvalue weighted by Gasteiger charge is -2.07. The number of guanidine groups is 1. The Bertz CT molecular complexity index is 924. The van der Waals surface area contributed by atoms with Crippen LogP contribution in [0.25, 0.3) is 11.4 Å². The topological polar surface area (TPSA) is 89.3 Å². The highest BCUT2D eigenvalue weighted by atomic mass is 127. The molecule has 1 heterocycles. The molecule has 0 radical (unpaired) electrons. The van der Waals surface area contributed by atoms with Crippen LogP contribution in [0.1, 0.15) is 17.0 Å². The van der Waals surface area contributed by atoms with Gasteiger partial charge in [0.1, 0.15) is 0 Å². The Kier molecular flexibility index (Phi) is 7.61. The Morgan fingerprint density at radius 1 is 1.15 bits per heavy atom. The summed E-state index contributed by atoms with van der Waals surface area (Å²) < 4.78 is 5.25. The summed E-state index contributed by atoms with van der Waals surface area (Å²) in [6.07, 6.45) is 0.510. The van der Waals surface area contributed by atoms with Gasteiger partial charge < -0.3 is 15.6 Å². The maximum Gasteiger partial charge on any atom is 0.228 e. The monoisotopic (exact) mass is 497 g/mol. The highest BCUT2D eigenvalue weighted by Gasteiger charge is 2.08. The molecule has 3 N–H and O–H groups in total. The highest BCUT2D eigenvalue weighted by Crippen LogP contribution is 2.18. The van der Waals surface area contributed by atoms with Crippen LogP contribution in [0.15, 0.2) is 52.0 Å². The van der Waals surface area contributed by atoms with Crippen LogP contribution in [0.5, 0.6) is 0 Å². The van der Waals surface area contributed by atoms with Gasteiger partial charge in [-0.25, -0.2) is 0 Å². The van der Waals surface area contributed by atoms with Crippen molar-refractivity contribution in [2.24, 2.45) is 10.7 Å². The fourth-order valence-electron chi connectivity index (χ4n) is 2.35. The van der Waals surface area contributed by atoms with Crippen molar-refractivity contribution in [3.63, 3.8) is 0 Å². The minimum Gasteiger partial charge on any atom is -0.370 e.